The number of phenolic OH excluding ortho intramolecular Hbond substituents is 2. The van der Waals surface area contributed by atoms with Gasteiger partial charge in [0.1, 0.15) is 5.75 Å². The molecule has 0 bridgehead atoms. The first kappa shape index (κ1) is 13.0. The number of allylic oxidation sites excluding steroid dienone is 2. The standard InChI is InChI=1S/C20H18O5/c1-25-20-12-15(6-11-19(20)24)5-10-18(23)13-17(22)9-4-14-2-7-16(21)8-3-14/h2-12,21,24H,13H2,1H3/b9-4+,10-5+/i2D,3D,7D,8D. The second-order valence-electron chi connectivity index (χ2n) is 4.97. The van der Waals surface area contributed by atoms with Crippen molar-refractivity contribution < 1.29 is 30.0 Å². The smallest absolute Gasteiger partial charge is 0.163 e. The summed E-state index contributed by atoms with van der Waals surface area (Å²) in [5.41, 5.74) is 0.425. The molecule has 0 amide bonds. The van der Waals surface area contributed by atoms with Gasteiger partial charge in [-0.2, -0.15) is 0 Å². The second-order valence-corrected chi connectivity index (χ2v) is 4.97. The fraction of sp³-hybridized carbons (Fsp3) is 0.100. The molecule has 2 aromatic carbocycles. The Labute approximate surface area is 151 Å². The first-order valence-electron chi connectivity index (χ1n) is 9.23. The summed E-state index contributed by atoms with van der Waals surface area (Å²) < 4.78 is 35.6. The highest BCUT2D eigenvalue weighted by molar-refractivity contribution is 6.10. The van der Waals surface area contributed by atoms with Crippen LogP contribution < -0.4 is 4.74 Å². The van der Waals surface area contributed by atoms with Crippen molar-refractivity contribution >= 4 is 23.7 Å². The molecule has 0 aliphatic heterocycles. The van der Waals surface area contributed by atoms with Crippen molar-refractivity contribution in [3.05, 3.63) is 65.6 Å². The van der Waals surface area contributed by atoms with E-state index in [-0.39, 0.29) is 17.1 Å². The van der Waals surface area contributed by atoms with E-state index in [1.54, 1.807) is 6.07 Å². The van der Waals surface area contributed by atoms with Gasteiger partial charge in [-0.3, -0.25) is 9.59 Å². The van der Waals surface area contributed by atoms with Gasteiger partial charge in [-0.1, -0.05) is 30.3 Å². The maximum absolute atomic E-state index is 12.0. The predicted octanol–water partition coefficient (Wildman–Crippen LogP) is 3.36. The normalized spacial score (nSPS) is 13.3. The molecule has 0 saturated heterocycles. The molecule has 0 heterocycles. The monoisotopic (exact) mass is 342 g/mol. The lowest BCUT2D eigenvalue weighted by Crippen LogP contribution is -2.01. The number of carbonyl (C=O) groups excluding carboxylic acids is 2. The molecular weight excluding hydrogens is 320 g/mol. The zero-order valence-corrected chi connectivity index (χ0v) is 13.4. The van der Waals surface area contributed by atoms with Crippen molar-refractivity contribution in [3.8, 4) is 17.2 Å². The number of methoxy groups -OCH3 is 1. The Balaban J connectivity index is 2.09. The average Bonchev–Trinajstić information content (AvgIpc) is 2.70. The van der Waals surface area contributed by atoms with Crippen LogP contribution in [0.1, 0.15) is 23.0 Å². The summed E-state index contributed by atoms with van der Waals surface area (Å²) in [5.74, 6) is -1.65. The summed E-state index contributed by atoms with van der Waals surface area (Å²) in [5, 5.41) is 19.1. The van der Waals surface area contributed by atoms with Crippen LogP contribution in [-0.2, 0) is 9.59 Å². The van der Waals surface area contributed by atoms with Crippen LogP contribution >= 0.6 is 0 Å². The summed E-state index contributed by atoms with van der Waals surface area (Å²) in [7, 11) is 1.39. The van der Waals surface area contributed by atoms with Crippen molar-refractivity contribution in [1.29, 1.82) is 0 Å². The molecule has 128 valence electrons. The van der Waals surface area contributed by atoms with E-state index in [4.69, 9.17) is 10.2 Å². The molecule has 2 N–H and O–H groups in total. The average molecular weight is 342 g/mol. The zero-order valence-electron chi connectivity index (χ0n) is 17.4. The molecule has 2 rings (SSSR count). The fourth-order valence-electron chi connectivity index (χ4n) is 1.85. The van der Waals surface area contributed by atoms with E-state index in [0.29, 0.717) is 5.56 Å². The van der Waals surface area contributed by atoms with Crippen LogP contribution in [0.3, 0.4) is 0 Å². The number of hydrogen-bond acceptors (Lipinski definition) is 5. The van der Waals surface area contributed by atoms with Gasteiger partial charge in [-0.15, -0.1) is 0 Å². The van der Waals surface area contributed by atoms with E-state index in [2.05, 4.69) is 0 Å². The third kappa shape index (κ3) is 5.66. The van der Waals surface area contributed by atoms with E-state index < -0.39 is 47.9 Å². The van der Waals surface area contributed by atoms with Gasteiger partial charge < -0.3 is 14.9 Å². The first-order chi connectivity index (χ1) is 13.6. The summed E-state index contributed by atoms with van der Waals surface area (Å²) >= 11 is 0. The Morgan fingerprint density at radius 1 is 1.04 bits per heavy atom. The van der Waals surface area contributed by atoms with E-state index >= 15 is 0 Å². The van der Waals surface area contributed by atoms with E-state index in [1.807, 2.05) is 0 Å². The SMILES string of the molecule is [2H]c1c([2H])c(/C=C/C(=O)CC(=O)/C=C/c2ccc(O)c(OC)c2)c([2H])c([2H])c1O. The maximum atomic E-state index is 12.0. The number of aromatic hydroxyl groups is 2. The quantitative estimate of drug-likeness (QED) is 0.595. The minimum absolute atomic E-state index is 0.0419. The Hall–Kier alpha value is -3.34. The van der Waals surface area contributed by atoms with Crippen molar-refractivity contribution in [2.45, 2.75) is 6.42 Å². The highest BCUT2D eigenvalue weighted by Gasteiger charge is 2.05. The van der Waals surface area contributed by atoms with Crippen molar-refractivity contribution in [2.24, 2.45) is 0 Å². The lowest BCUT2D eigenvalue weighted by Gasteiger charge is -2.03. The van der Waals surface area contributed by atoms with Gasteiger partial charge in [0, 0.05) is 0 Å². The molecule has 0 aliphatic rings. The van der Waals surface area contributed by atoms with Crippen LogP contribution in [0.5, 0.6) is 17.2 Å². The lowest BCUT2D eigenvalue weighted by atomic mass is 10.1. The number of hydrogen-bond donors (Lipinski definition) is 2. The van der Waals surface area contributed by atoms with Crippen LogP contribution in [0.15, 0.2) is 54.5 Å². The third-order valence-electron chi connectivity index (χ3n) is 3.08. The molecule has 0 saturated carbocycles. The Morgan fingerprint density at radius 3 is 2.24 bits per heavy atom. The summed E-state index contributed by atoms with van der Waals surface area (Å²) in [6, 6.07) is 2.31. The maximum Gasteiger partial charge on any atom is 0.163 e. The molecule has 0 unspecified atom stereocenters. The largest absolute Gasteiger partial charge is 0.508 e. The topological polar surface area (TPSA) is 83.8 Å². The van der Waals surface area contributed by atoms with Gasteiger partial charge in [0.2, 0.25) is 0 Å². The molecule has 0 radical (unpaired) electrons. The van der Waals surface area contributed by atoms with E-state index in [9.17, 15) is 19.8 Å². The molecule has 5 nitrogen and oxygen atoms in total. The number of ether oxygens (including phenoxy) is 1. The predicted molar refractivity (Wildman–Crippen MR) is 95.5 cm³/mol. The van der Waals surface area contributed by atoms with Crippen molar-refractivity contribution in [3.63, 3.8) is 0 Å². The van der Waals surface area contributed by atoms with Gasteiger partial charge >= 0.3 is 0 Å². The second kappa shape index (κ2) is 8.49. The third-order valence-corrected chi connectivity index (χ3v) is 3.08. The summed E-state index contributed by atoms with van der Waals surface area (Å²) in [4.78, 5) is 23.9. The van der Waals surface area contributed by atoms with E-state index in [0.717, 1.165) is 12.2 Å². The molecule has 0 spiro atoms. The Morgan fingerprint density at radius 2 is 1.64 bits per heavy atom. The molecule has 25 heavy (non-hydrogen) atoms. The van der Waals surface area contributed by atoms with Gasteiger partial charge in [0.15, 0.2) is 23.1 Å². The fourth-order valence-corrected chi connectivity index (χ4v) is 1.85. The number of benzene rings is 2. The molecule has 0 fully saturated rings. The number of rotatable bonds is 7. The van der Waals surface area contributed by atoms with Gasteiger partial charge in [0.25, 0.3) is 0 Å². The first-order valence-corrected chi connectivity index (χ1v) is 7.23. The minimum atomic E-state index is -0.769. The summed E-state index contributed by atoms with van der Waals surface area (Å²) in [6.07, 6.45) is 4.29. The highest BCUT2D eigenvalue weighted by Crippen LogP contribution is 2.26. The van der Waals surface area contributed by atoms with Gasteiger partial charge in [-0.25, -0.2) is 0 Å². The molecule has 2 aromatic rings. The van der Waals surface area contributed by atoms with Crippen LogP contribution in [0.4, 0.5) is 0 Å². The number of phenols is 2. The van der Waals surface area contributed by atoms with Crippen LogP contribution in [0.25, 0.3) is 12.2 Å². The van der Waals surface area contributed by atoms with Gasteiger partial charge in [-0.05, 0) is 47.5 Å². The lowest BCUT2D eigenvalue weighted by molar-refractivity contribution is -0.121. The number of ketones is 2. The molecule has 0 aliphatic carbocycles. The van der Waals surface area contributed by atoms with Crippen LogP contribution in [0, 0.1) is 0 Å². The minimum Gasteiger partial charge on any atom is -0.508 e. The van der Waals surface area contributed by atoms with Gasteiger partial charge in [0.05, 0.1) is 19.0 Å². The highest BCUT2D eigenvalue weighted by atomic mass is 16.5. The molecule has 0 aromatic heterocycles. The molecule has 5 heteroatoms. The van der Waals surface area contributed by atoms with Crippen LogP contribution in [0.2, 0.25) is 0 Å². The Kier molecular flexibility index (Phi) is 4.42. The van der Waals surface area contributed by atoms with Crippen LogP contribution in [-0.4, -0.2) is 28.9 Å². The Bertz CT molecular complexity index is 999. The van der Waals surface area contributed by atoms with E-state index in [1.165, 1.54) is 31.4 Å². The molecular formula is C20H18O5. The van der Waals surface area contributed by atoms with Crippen molar-refractivity contribution in [1.82, 2.24) is 0 Å². The zero-order chi connectivity index (χ0) is 21.7. The number of carbonyl (C=O) groups is 2. The molecule has 0 atom stereocenters. The summed E-state index contributed by atoms with van der Waals surface area (Å²) in [6.45, 7) is 0. The van der Waals surface area contributed by atoms with Crippen molar-refractivity contribution in [2.75, 3.05) is 7.11 Å².